The summed E-state index contributed by atoms with van der Waals surface area (Å²) in [6.45, 7) is 5.52. The Hall–Kier alpha value is -1.79. The van der Waals surface area contributed by atoms with Gasteiger partial charge in [-0.15, -0.1) is 0 Å². The molecule has 2 N–H and O–H groups in total. The predicted octanol–water partition coefficient (Wildman–Crippen LogP) is 1.82. The number of carbonyl (C=O) groups is 1. The highest BCUT2D eigenvalue weighted by molar-refractivity contribution is 5.91. The van der Waals surface area contributed by atoms with E-state index in [1.165, 1.54) is 18.5 Å². The Kier molecular flexibility index (Phi) is 5.03. The summed E-state index contributed by atoms with van der Waals surface area (Å²) in [6, 6.07) is 5.59. The minimum Gasteiger partial charge on any atom is -0.394 e. The van der Waals surface area contributed by atoms with Crippen LogP contribution in [-0.4, -0.2) is 61.5 Å². The molecule has 0 aliphatic carbocycles. The Balaban J connectivity index is 1.74. The first-order chi connectivity index (χ1) is 11.2. The van der Waals surface area contributed by atoms with Crippen molar-refractivity contribution in [2.45, 2.75) is 25.8 Å². The van der Waals surface area contributed by atoms with Crippen LogP contribution in [0.5, 0.6) is 0 Å². The fourth-order valence-corrected chi connectivity index (χ4v) is 3.32. The van der Waals surface area contributed by atoms with Gasteiger partial charge < -0.3 is 25.0 Å². The molecule has 0 aromatic heterocycles. The molecule has 2 aliphatic rings. The van der Waals surface area contributed by atoms with Gasteiger partial charge in [0.25, 0.3) is 0 Å². The van der Waals surface area contributed by atoms with E-state index in [9.17, 15) is 9.90 Å². The number of nitrogens with one attached hydrogen (secondary N) is 1. The predicted molar refractivity (Wildman–Crippen MR) is 90.0 cm³/mol. The van der Waals surface area contributed by atoms with Crippen LogP contribution < -0.4 is 10.2 Å². The van der Waals surface area contributed by atoms with E-state index in [0.29, 0.717) is 19.8 Å². The van der Waals surface area contributed by atoms with Crippen LogP contribution in [0.3, 0.4) is 0 Å². The maximum Gasteiger partial charge on any atom is 0.322 e. The first kappa shape index (κ1) is 16.1. The van der Waals surface area contributed by atoms with E-state index in [0.717, 1.165) is 24.3 Å². The molecule has 0 bridgehead atoms. The highest BCUT2D eigenvalue weighted by atomic mass is 16.5. The Morgan fingerprint density at radius 3 is 2.87 bits per heavy atom. The first-order valence-electron chi connectivity index (χ1n) is 8.31. The van der Waals surface area contributed by atoms with Gasteiger partial charge >= 0.3 is 6.03 Å². The topological polar surface area (TPSA) is 65.0 Å². The zero-order valence-electron chi connectivity index (χ0n) is 13.6. The largest absolute Gasteiger partial charge is 0.394 e. The zero-order chi connectivity index (χ0) is 16.2. The number of anilines is 2. The average molecular weight is 319 g/mol. The van der Waals surface area contributed by atoms with Gasteiger partial charge in [-0.1, -0.05) is 6.07 Å². The molecule has 0 saturated carbocycles. The molecule has 3 rings (SSSR count). The van der Waals surface area contributed by atoms with E-state index >= 15 is 0 Å². The molecule has 6 nitrogen and oxygen atoms in total. The molecule has 2 saturated heterocycles. The van der Waals surface area contributed by atoms with Gasteiger partial charge in [-0.2, -0.15) is 0 Å². The highest BCUT2D eigenvalue weighted by Crippen LogP contribution is 2.29. The van der Waals surface area contributed by atoms with E-state index in [1.54, 1.807) is 4.90 Å². The van der Waals surface area contributed by atoms with Crippen LogP contribution in [-0.2, 0) is 4.74 Å². The molecule has 2 fully saturated rings. The van der Waals surface area contributed by atoms with E-state index in [2.05, 4.69) is 16.3 Å². The van der Waals surface area contributed by atoms with Crippen molar-refractivity contribution >= 4 is 17.4 Å². The number of rotatable bonds is 3. The van der Waals surface area contributed by atoms with Crippen LogP contribution >= 0.6 is 0 Å². The average Bonchev–Trinajstić information content (AvgIpc) is 3.11. The molecule has 23 heavy (non-hydrogen) atoms. The summed E-state index contributed by atoms with van der Waals surface area (Å²) >= 11 is 0. The minimum atomic E-state index is -0.272. The molecule has 0 unspecified atom stereocenters. The van der Waals surface area contributed by atoms with E-state index in [1.807, 2.05) is 19.1 Å². The van der Waals surface area contributed by atoms with Gasteiger partial charge in [0.15, 0.2) is 0 Å². The summed E-state index contributed by atoms with van der Waals surface area (Å²) in [7, 11) is 0. The quantitative estimate of drug-likeness (QED) is 0.892. The van der Waals surface area contributed by atoms with E-state index in [-0.39, 0.29) is 18.7 Å². The second kappa shape index (κ2) is 7.19. The number of benzene rings is 1. The number of nitrogens with zero attached hydrogens (tertiary/aromatic N) is 2. The van der Waals surface area contributed by atoms with Crippen molar-refractivity contribution in [1.82, 2.24) is 4.90 Å². The number of urea groups is 1. The number of amides is 2. The van der Waals surface area contributed by atoms with Gasteiger partial charge in [0.05, 0.1) is 25.9 Å². The second-order valence-corrected chi connectivity index (χ2v) is 6.18. The van der Waals surface area contributed by atoms with Crippen LogP contribution in [0.2, 0.25) is 0 Å². The lowest BCUT2D eigenvalue weighted by atomic mass is 10.1. The maximum absolute atomic E-state index is 12.6. The monoisotopic (exact) mass is 319 g/mol. The fraction of sp³-hybridized carbons (Fsp3) is 0.588. The van der Waals surface area contributed by atoms with Crippen LogP contribution in [0.25, 0.3) is 0 Å². The molecular formula is C17H25N3O3. The molecule has 2 heterocycles. The smallest absolute Gasteiger partial charge is 0.322 e. The van der Waals surface area contributed by atoms with Crippen molar-refractivity contribution < 1.29 is 14.6 Å². The standard InChI is InChI=1S/C17H25N3O3/c1-13-15(5-4-6-16(13)19-7-2-3-8-19)18-17(22)20-9-10-23-12-14(20)11-21/h4-6,14,21H,2-3,7-12H2,1H3,(H,18,22)/t14-/m1/s1. The highest BCUT2D eigenvalue weighted by Gasteiger charge is 2.27. The van der Waals surface area contributed by atoms with Crippen LogP contribution in [0.15, 0.2) is 18.2 Å². The zero-order valence-corrected chi connectivity index (χ0v) is 13.6. The van der Waals surface area contributed by atoms with Crippen LogP contribution in [0.1, 0.15) is 18.4 Å². The van der Waals surface area contributed by atoms with Crippen LogP contribution in [0, 0.1) is 6.92 Å². The lowest BCUT2D eigenvalue weighted by Gasteiger charge is -2.34. The molecule has 1 aromatic carbocycles. The van der Waals surface area contributed by atoms with Crippen molar-refractivity contribution in [3.8, 4) is 0 Å². The van der Waals surface area contributed by atoms with Gasteiger partial charge in [0.1, 0.15) is 0 Å². The summed E-state index contributed by atoms with van der Waals surface area (Å²) in [5, 5.41) is 12.4. The molecule has 0 radical (unpaired) electrons. The molecule has 126 valence electrons. The van der Waals surface area contributed by atoms with Crippen molar-refractivity contribution in [1.29, 1.82) is 0 Å². The van der Waals surface area contributed by atoms with Gasteiger partial charge in [-0.25, -0.2) is 4.79 Å². The number of ether oxygens (including phenoxy) is 1. The minimum absolute atomic E-state index is 0.0831. The van der Waals surface area contributed by atoms with Gasteiger partial charge in [0.2, 0.25) is 0 Å². The summed E-state index contributed by atoms with van der Waals surface area (Å²) < 4.78 is 5.33. The number of morpholine rings is 1. The SMILES string of the molecule is Cc1c(NC(=O)N2CCOC[C@H]2CO)cccc1N1CCCC1. The van der Waals surface area contributed by atoms with Gasteiger partial charge in [-0.05, 0) is 37.5 Å². The van der Waals surface area contributed by atoms with E-state index < -0.39 is 0 Å². The number of carbonyl (C=O) groups excluding carboxylic acids is 1. The fourth-order valence-electron chi connectivity index (χ4n) is 3.32. The lowest BCUT2D eigenvalue weighted by molar-refractivity contribution is -0.00485. The Morgan fingerprint density at radius 2 is 2.13 bits per heavy atom. The molecule has 1 atom stereocenters. The molecule has 6 heteroatoms. The maximum atomic E-state index is 12.6. The summed E-state index contributed by atoms with van der Waals surface area (Å²) in [4.78, 5) is 16.6. The molecule has 0 spiro atoms. The third kappa shape index (κ3) is 3.43. The number of aliphatic hydroxyl groups excluding tert-OH is 1. The van der Waals surface area contributed by atoms with Crippen LogP contribution in [0.4, 0.5) is 16.2 Å². The second-order valence-electron chi connectivity index (χ2n) is 6.18. The summed E-state index contributed by atoms with van der Waals surface area (Å²) in [5.41, 5.74) is 3.13. The number of hydrogen-bond acceptors (Lipinski definition) is 4. The van der Waals surface area contributed by atoms with Gasteiger partial charge in [-0.3, -0.25) is 0 Å². The van der Waals surface area contributed by atoms with E-state index in [4.69, 9.17) is 4.74 Å². The molecule has 1 aromatic rings. The third-order valence-electron chi connectivity index (χ3n) is 4.69. The summed E-state index contributed by atoms with van der Waals surface area (Å²) in [5.74, 6) is 0. The lowest BCUT2D eigenvalue weighted by Crippen LogP contribution is -2.52. The van der Waals surface area contributed by atoms with Gasteiger partial charge in [0, 0.05) is 31.0 Å². The molecular weight excluding hydrogens is 294 g/mol. The van der Waals surface area contributed by atoms with Crippen molar-refractivity contribution in [2.75, 3.05) is 49.7 Å². The van der Waals surface area contributed by atoms with Crippen molar-refractivity contribution in [3.63, 3.8) is 0 Å². The normalized spacial score (nSPS) is 21.6. The summed E-state index contributed by atoms with van der Waals surface area (Å²) in [6.07, 6.45) is 2.45. The Bertz CT molecular complexity index is 558. The van der Waals surface area contributed by atoms with Crippen molar-refractivity contribution in [2.24, 2.45) is 0 Å². The third-order valence-corrected chi connectivity index (χ3v) is 4.69. The number of hydrogen-bond donors (Lipinski definition) is 2. The Morgan fingerprint density at radius 1 is 1.35 bits per heavy atom. The molecule has 2 amide bonds. The Labute approximate surface area is 137 Å². The van der Waals surface area contributed by atoms with Crippen molar-refractivity contribution in [3.05, 3.63) is 23.8 Å². The number of aliphatic hydroxyl groups is 1. The first-order valence-corrected chi connectivity index (χ1v) is 8.31. The molecule has 2 aliphatic heterocycles.